The summed E-state index contributed by atoms with van der Waals surface area (Å²) >= 11 is 11.6. The summed E-state index contributed by atoms with van der Waals surface area (Å²) in [6.45, 7) is 3.63. The van der Waals surface area contributed by atoms with Gasteiger partial charge < -0.3 is 10.4 Å². The molecule has 1 aromatic carbocycles. The summed E-state index contributed by atoms with van der Waals surface area (Å²) in [5, 5.41) is 15.2. The van der Waals surface area contributed by atoms with E-state index < -0.39 is 12.0 Å². The fraction of sp³-hybridized carbons (Fsp3) is 0.429. The molecule has 1 aromatic rings. The number of carbonyl (C=O) groups excluding carboxylic acids is 1. The number of benzene rings is 1. The van der Waals surface area contributed by atoms with Gasteiger partial charge in [0, 0.05) is 5.69 Å². The second kappa shape index (κ2) is 8.22. The van der Waals surface area contributed by atoms with Crippen molar-refractivity contribution in [3.63, 3.8) is 0 Å². The number of anilines is 1. The Bertz CT molecular complexity index is 523. The molecule has 0 saturated carbocycles. The topological polar surface area (TPSA) is 78.4 Å². The maximum Gasteiger partial charge on any atom is 0.320 e. The zero-order valence-electron chi connectivity index (χ0n) is 11.8. The minimum atomic E-state index is -0.966. The average Bonchev–Trinajstić information content (AvgIpc) is 2.42. The predicted molar refractivity (Wildman–Crippen MR) is 84.0 cm³/mol. The first kappa shape index (κ1) is 17.8. The van der Waals surface area contributed by atoms with Crippen LogP contribution in [-0.4, -0.2) is 29.6 Å². The molecule has 0 heterocycles. The molecule has 3 N–H and O–H groups in total. The summed E-state index contributed by atoms with van der Waals surface area (Å²) in [7, 11) is 0. The molecule has 1 rings (SSSR count). The van der Waals surface area contributed by atoms with E-state index in [-0.39, 0.29) is 18.4 Å². The van der Waals surface area contributed by atoms with Crippen molar-refractivity contribution in [1.82, 2.24) is 5.32 Å². The maximum absolute atomic E-state index is 11.8. The molecular weight excluding hydrogens is 315 g/mol. The van der Waals surface area contributed by atoms with E-state index in [0.29, 0.717) is 22.2 Å². The molecule has 1 amide bonds. The van der Waals surface area contributed by atoms with Crippen molar-refractivity contribution in [3.05, 3.63) is 28.2 Å². The van der Waals surface area contributed by atoms with E-state index in [1.165, 1.54) is 6.07 Å². The van der Waals surface area contributed by atoms with Gasteiger partial charge in [0.15, 0.2) is 0 Å². The van der Waals surface area contributed by atoms with E-state index >= 15 is 0 Å². The highest BCUT2D eigenvalue weighted by molar-refractivity contribution is 6.42. The molecule has 7 heteroatoms. The molecule has 0 aliphatic rings. The summed E-state index contributed by atoms with van der Waals surface area (Å²) in [5.41, 5.74) is 0.506. The molecule has 0 aromatic heterocycles. The van der Waals surface area contributed by atoms with E-state index in [2.05, 4.69) is 10.6 Å². The zero-order valence-corrected chi connectivity index (χ0v) is 13.3. The first-order chi connectivity index (χ1) is 9.85. The Labute approximate surface area is 133 Å². The van der Waals surface area contributed by atoms with E-state index in [9.17, 15) is 9.59 Å². The lowest BCUT2D eigenvalue weighted by Crippen LogP contribution is -2.45. The maximum atomic E-state index is 11.8. The number of halogens is 2. The van der Waals surface area contributed by atoms with Crippen LogP contribution in [0.5, 0.6) is 0 Å². The van der Waals surface area contributed by atoms with Crippen molar-refractivity contribution in [3.8, 4) is 0 Å². The Morgan fingerprint density at radius 3 is 2.48 bits per heavy atom. The highest BCUT2D eigenvalue weighted by Crippen LogP contribution is 2.24. The Kier molecular flexibility index (Phi) is 6.95. The first-order valence-corrected chi connectivity index (χ1v) is 7.31. The largest absolute Gasteiger partial charge is 0.480 e. The number of carbonyl (C=O) groups is 2. The third-order valence-corrected chi connectivity index (χ3v) is 3.90. The molecule has 0 saturated heterocycles. The lowest BCUT2D eigenvalue weighted by molar-refractivity contribution is -0.140. The molecule has 0 radical (unpaired) electrons. The Morgan fingerprint density at radius 2 is 1.95 bits per heavy atom. The quantitative estimate of drug-likeness (QED) is 0.717. The van der Waals surface area contributed by atoms with E-state index in [4.69, 9.17) is 28.3 Å². The van der Waals surface area contributed by atoms with E-state index in [0.717, 1.165) is 0 Å². The molecule has 0 spiro atoms. The molecule has 116 valence electrons. The molecule has 0 aliphatic carbocycles. The van der Waals surface area contributed by atoms with Crippen LogP contribution in [0.1, 0.15) is 20.3 Å². The van der Waals surface area contributed by atoms with Crippen molar-refractivity contribution in [2.24, 2.45) is 5.92 Å². The summed E-state index contributed by atoms with van der Waals surface area (Å²) in [6, 6.07) is 3.97. The van der Waals surface area contributed by atoms with Gasteiger partial charge in [-0.2, -0.15) is 0 Å². The molecule has 2 atom stereocenters. The Morgan fingerprint density at radius 1 is 1.29 bits per heavy atom. The molecule has 0 unspecified atom stereocenters. The SMILES string of the molecule is CC[C@H](C)[C@H](NCC(=O)Nc1ccc(Cl)c(Cl)c1)C(=O)O. The van der Waals surface area contributed by atoms with Crippen LogP contribution in [0.25, 0.3) is 0 Å². The van der Waals surface area contributed by atoms with Gasteiger partial charge in [-0.25, -0.2) is 0 Å². The van der Waals surface area contributed by atoms with Crippen LogP contribution in [-0.2, 0) is 9.59 Å². The van der Waals surface area contributed by atoms with Gasteiger partial charge in [0.1, 0.15) is 6.04 Å². The van der Waals surface area contributed by atoms with Gasteiger partial charge in [-0.05, 0) is 24.1 Å². The first-order valence-electron chi connectivity index (χ1n) is 6.56. The van der Waals surface area contributed by atoms with Crippen molar-refractivity contribution < 1.29 is 14.7 Å². The van der Waals surface area contributed by atoms with Crippen molar-refractivity contribution >= 4 is 40.8 Å². The highest BCUT2D eigenvalue weighted by Gasteiger charge is 2.23. The van der Waals surface area contributed by atoms with Gasteiger partial charge in [0.2, 0.25) is 5.91 Å². The van der Waals surface area contributed by atoms with Crippen LogP contribution in [0.3, 0.4) is 0 Å². The molecule has 5 nitrogen and oxygen atoms in total. The van der Waals surface area contributed by atoms with Crippen LogP contribution >= 0.6 is 23.2 Å². The molecule has 21 heavy (non-hydrogen) atoms. The number of rotatable bonds is 7. The van der Waals surface area contributed by atoms with Crippen molar-refractivity contribution in [1.29, 1.82) is 0 Å². The third-order valence-electron chi connectivity index (χ3n) is 3.16. The zero-order chi connectivity index (χ0) is 16.0. The fourth-order valence-electron chi connectivity index (χ4n) is 1.75. The summed E-state index contributed by atoms with van der Waals surface area (Å²) < 4.78 is 0. The Balaban J connectivity index is 2.56. The van der Waals surface area contributed by atoms with Crippen LogP contribution < -0.4 is 10.6 Å². The van der Waals surface area contributed by atoms with Gasteiger partial charge in [-0.1, -0.05) is 43.5 Å². The lowest BCUT2D eigenvalue weighted by Gasteiger charge is -2.19. The van der Waals surface area contributed by atoms with E-state index in [1.807, 2.05) is 13.8 Å². The number of carboxylic acids is 1. The van der Waals surface area contributed by atoms with Gasteiger partial charge in [-0.3, -0.25) is 14.9 Å². The monoisotopic (exact) mass is 332 g/mol. The fourth-order valence-corrected chi connectivity index (χ4v) is 2.05. The molecular formula is C14H18Cl2N2O3. The second-order valence-electron chi connectivity index (χ2n) is 4.76. The lowest BCUT2D eigenvalue weighted by atomic mass is 9.99. The third kappa shape index (κ3) is 5.53. The molecule has 0 fully saturated rings. The minimum Gasteiger partial charge on any atom is -0.480 e. The number of aliphatic carboxylic acids is 1. The molecule has 0 bridgehead atoms. The van der Waals surface area contributed by atoms with E-state index in [1.54, 1.807) is 12.1 Å². The molecule has 0 aliphatic heterocycles. The summed E-state index contributed by atoms with van der Waals surface area (Å²) in [5.74, 6) is -1.38. The predicted octanol–water partition coefficient (Wildman–Crippen LogP) is 3.02. The number of carboxylic acid groups (broad SMARTS) is 1. The standard InChI is InChI=1S/C14H18Cl2N2O3/c1-3-8(2)13(14(20)21)17-7-12(19)18-9-4-5-10(15)11(16)6-9/h4-6,8,13,17H,3,7H2,1-2H3,(H,18,19)(H,20,21)/t8-,13-/m0/s1. The Hall–Kier alpha value is -1.30. The minimum absolute atomic E-state index is 0.0692. The van der Waals surface area contributed by atoms with Gasteiger partial charge in [-0.15, -0.1) is 0 Å². The summed E-state index contributed by atoms with van der Waals surface area (Å²) in [6.07, 6.45) is 0.707. The van der Waals surface area contributed by atoms with Crippen LogP contribution in [0.4, 0.5) is 5.69 Å². The van der Waals surface area contributed by atoms with Crippen LogP contribution in [0.2, 0.25) is 10.0 Å². The smallest absolute Gasteiger partial charge is 0.320 e. The number of hydrogen-bond acceptors (Lipinski definition) is 3. The number of amides is 1. The number of hydrogen-bond donors (Lipinski definition) is 3. The van der Waals surface area contributed by atoms with Crippen LogP contribution in [0, 0.1) is 5.92 Å². The van der Waals surface area contributed by atoms with Gasteiger partial charge in [0.05, 0.1) is 16.6 Å². The van der Waals surface area contributed by atoms with Gasteiger partial charge >= 0.3 is 5.97 Å². The number of nitrogens with one attached hydrogen (secondary N) is 2. The highest BCUT2D eigenvalue weighted by atomic mass is 35.5. The van der Waals surface area contributed by atoms with Crippen molar-refractivity contribution in [2.45, 2.75) is 26.3 Å². The van der Waals surface area contributed by atoms with Crippen molar-refractivity contribution in [2.75, 3.05) is 11.9 Å². The average molecular weight is 333 g/mol. The second-order valence-corrected chi connectivity index (χ2v) is 5.57. The van der Waals surface area contributed by atoms with Gasteiger partial charge in [0.25, 0.3) is 0 Å². The normalized spacial score (nSPS) is 13.5. The van der Waals surface area contributed by atoms with Crippen LogP contribution in [0.15, 0.2) is 18.2 Å². The summed E-state index contributed by atoms with van der Waals surface area (Å²) in [4.78, 5) is 22.9.